The second kappa shape index (κ2) is 11.9. The molecule has 0 saturated carbocycles. The number of thiophene rings is 1. The molecule has 0 aliphatic heterocycles. The van der Waals surface area contributed by atoms with Crippen molar-refractivity contribution in [1.82, 2.24) is 0 Å². The Labute approximate surface area is 310 Å². The van der Waals surface area contributed by atoms with Crippen molar-refractivity contribution in [2.45, 2.75) is 0 Å². The van der Waals surface area contributed by atoms with Gasteiger partial charge in [0, 0.05) is 36.9 Å². The third-order valence-corrected chi connectivity index (χ3v) is 11.8. The molecule has 53 heavy (non-hydrogen) atoms. The van der Waals surface area contributed by atoms with E-state index in [-0.39, 0.29) is 0 Å². The summed E-state index contributed by atoms with van der Waals surface area (Å²) < 4.78 is 9.29. The van der Waals surface area contributed by atoms with Crippen molar-refractivity contribution in [3.63, 3.8) is 0 Å². The molecule has 11 rings (SSSR count). The summed E-state index contributed by atoms with van der Waals surface area (Å²) in [7, 11) is 0. The molecule has 0 bridgehead atoms. The molecule has 0 atom stereocenters. The van der Waals surface area contributed by atoms with Crippen molar-refractivity contribution in [2.75, 3.05) is 4.90 Å². The van der Waals surface area contributed by atoms with Crippen LogP contribution in [-0.2, 0) is 0 Å². The molecule has 3 heteroatoms. The van der Waals surface area contributed by atoms with E-state index in [2.05, 4.69) is 193 Å². The SMILES string of the molecule is c1ccc(-c2cccc(N(c3ccc(-c4ccc5ccccc5c4)cc3)c3cccc4oc5ccc6sc7c8ccccc8ccc7c6c5c34)c2)cc1. The normalized spacial score (nSPS) is 11.8. The van der Waals surface area contributed by atoms with E-state index < -0.39 is 0 Å². The zero-order valence-electron chi connectivity index (χ0n) is 28.7. The minimum atomic E-state index is 0.877. The number of fused-ring (bicyclic) bond motifs is 10. The molecule has 0 fully saturated rings. The maximum atomic E-state index is 6.71. The quantitative estimate of drug-likeness (QED) is 0.178. The van der Waals surface area contributed by atoms with Gasteiger partial charge in [0.2, 0.25) is 0 Å². The summed E-state index contributed by atoms with van der Waals surface area (Å²) in [6.07, 6.45) is 0. The molecule has 11 aromatic rings. The first-order valence-corrected chi connectivity index (χ1v) is 18.8. The smallest absolute Gasteiger partial charge is 0.137 e. The van der Waals surface area contributed by atoms with Gasteiger partial charge in [0.15, 0.2) is 0 Å². The third kappa shape index (κ3) is 4.86. The van der Waals surface area contributed by atoms with Crippen LogP contribution in [0.3, 0.4) is 0 Å². The fraction of sp³-hybridized carbons (Fsp3) is 0. The highest BCUT2D eigenvalue weighted by Gasteiger charge is 2.23. The van der Waals surface area contributed by atoms with E-state index in [1.807, 2.05) is 11.3 Å². The molecule has 0 aliphatic rings. The molecule has 0 unspecified atom stereocenters. The van der Waals surface area contributed by atoms with Gasteiger partial charge in [0.1, 0.15) is 11.2 Å². The summed E-state index contributed by atoms with van der Waals surface area (Å²) >= 11 is 1.87. The van der Waals surface area contributed by atoms with Gasteiger partial charge in [-0.05, 0) is 98.4 Å². The highest BCUT2D eigenvalue weighted by molar-refractivity contribution is 7.27. The molecule has 0 radical (unpaired) electrons. The molecule has 2 heterocycles. The molecule has 9 aromatic carbocycles. The molecule has 248 valence electrons. The van der Waals surface area contributed by atoms with Crippen LogP contribution in [0.2, 0.25) is 0 Å². The van der Waals surface area contributed by atoms with Crippen LogP contribution in [0, 0.1) is 0 Å². The topological polar surface area (TPSA) is 16.4 Å². The van der Waals surface area contributed by atoms with Gasteiger partial charge in [0.25, 0.3) is 0 Å². The Morgan fingerprint density at radius 2 is 1.06 bits per heavy atom. The predicted octanol–water partition coefficient (Wildman–Crippen LogP) is 15.1. The van der Waals surface area contributed by atoms with E-state index in [1.54, 1.807) is 0 Å². The van der Waals surface area contributed by atoms with E-state index >= 15 is 0 Å². The maximum absolute atomic E-state index is 6.71. The second-order valence-corrected chi connectivity index (χ2v) is 14.7. The fourth-order valence-electron chi connectivity index (χ4n) is 8.12. The van der Waals surface area contributed by atoms with Crippen molar-refractivity contribution in [3.05, 3.63) is 188 Å². The van der Waals surface area contributed by atoms with Crippen molar-refractivity contribution >= 4 is 92.1 Å². The Morgan fingerprint density at radius 1 is 0.377 bits per heavy atom. The number of nitrogens with zero attached hydrogens (tertiary/aromatic N) is 1. The highest BCUT2D eigenvalue weighted by Crippen LogP contribution is 2.49. The lowest BCUT2D eigenvalue weighted by atomic mass is 9.99. The molecule has 0 aliphatic carbocycles. The molecule has 2 aromatic heterocycles. The van der Waals surface area contributed by atoms with E-state index in [4.69, 9.17) is 4.42 Å². The van der Waals surface area contributed by atoms with E-state index in [0.29, 0.717) is 0 Å². The van der Waals surface area contributed by atoms with Crippen LogP contribution in [0.15, 0.2) is 192 Å². The van der Waals surface area contributed by atoms with Crippen molar-refractivity contribution in [2.24, 2.45) is 0 Å². The van der Waals surface area contributed by atoms with Gasteiger partial charge in [-0.25, -0.2) is 0 Å². The lowest BCUT2D eigenvalue weighted by Gasteiger charge is -2.27. The van der Waals surface area contributed by atoms with Gasteiger partial charge < -0.3 is 9.32 Å². The average Bonchev–Trinajstić information content (AvgIpc) is 3.81. The third-order valence-electron chi connectivity index (χ3n) is 10.6. The van der Waals surface area contributed by atoms with Crippen LogP contribution in [0.1, 0.15) is 0 Å². The summed E-state index contributed by atoms with van der Waals surface area (Å²) in [6.45, 7) is 0. The molecule has 0 spiro atoms. The summed E-state index contributed by atoms with van der Waals surface area (Å²) in [5.41, 5.74) is 9.76. The van der Waals surface area contributed by atoms with Gasteiger partial charge in [-0.15, -0.1) is 11.3 Å². The summed E-state index contributed by atoms with van der Waals surface area (Å²) in [6, 6.07) is 67.8. The summed E-state index contributed by atoms with van der Waals surface area (Å²) in [4.78, 5) is 2.40. The van der Waals surface area contributed by atoms with Crippen LogP contribution in [0.5, 0.6) is 0 Å². The molecule has 0 saturated heterocycles. The van der Waals surface area contributed by atoms with Crippen LogP contribution in [0.4, 0.5) is 17.1 Å². The van der Waals surface area contributed by atoms with E-state index in [0.717, 1.165) is 39.0 Å². The average molecular weight is 694 g/mol. The number of hydrogen-bond donors (Lipinski definition) is 0. The lowest BCUT2D eigenvalue weighted by molar-refractivity contribution is 0.669. The Kier molecular flexibility index (Phi) is 6.76. The van der Waals surface area contributed by atoms with Gasteiger partial charge in [-0.2, -0.15) is 0 Å². The lowest BCUT2D eigenvalue weighted by Crippen LogP contribution is -2.10. The Bertz CT molecular complexity index is 3170. The molecule has 2 nitrogen and oxygen atoms in total. The zero-order valence-corrected chi connectivity index (χ0v) is 29.5. The Balaban J connectivity index is 1.16. The minimum Gasteiger partial charge on any atom is -0.456 e. The highest BCUT2D eigenvalue weighted by atomic mass is 32.1. The standard InChI is InChI=1S/C50H31NOS/c1-2-10-32(11-3-1)37-15-8-16-40(31-37)51(39-25-22-34(23-26-39)38-21-20-33-12-4-5-14-36(33)30-38)43-18-9-19-44-48(43)49-45(52-44)28-29-46-47(49)42-27-24-35-13-6-7-17-41(35)50(42)53-46/h1-31H. The van der Waals surface area contributed by atoms with Gasteiger partial charge in [0.05, 0.1) is 11.1 Å². The number of anilines is 3. The summed E-state index contributed by atoms with van der Waals surface area (Å²) in [5, 5.41) is 9.84. The van der Waals surface area contributed by atoms with E-state index in [9.17, 15) is 0 Å². The van der Waals surface area contributed by atoms with Gasteiger partial charge in [-0.3, -0.25) is 0 Å². The molecule has 0 N–H and O–H groups in total. The number of hydrogen-bond acceptors (Lipinski definition) is 3. The first-order chi connectivity index (χ1) is 26.3. The number of rotatable bonds is 5. The molecule has 0 amide bonds. The van der Waals surface area contributed by atoms with Crippen LogP contribution >= 0.6 is 11.3 Å². The first-order valence-electron chi connectivity index (χ1n) is 18.0. The monoisotopic (exact) mass is 693 g/mol. The van der Waals surface area contributed by atoms with Crippen LogP contribution in [-0.4, -0.2) is 0 Å². The van der Waals surface area contributed by atoms with Crippen molar-refractivity contribution in [1.29, 1.82) is 0 Å². The van der Waals surface area contributed by atoms with Gasteiger partial charge in [-0.1, -0.05) is 133 Å². The summed E-state index contributed by atoms with van der Waals surface area (Å²) in [5.74, 6) is 0. The minimum absolute atomic E-state index is 0.877. The maximum Gasteiger partial charge on any atom is 0.137 e. The molecular weight excluding hydrogens is 663 g/mol. The van der Waals surface area contributed by atoms with Crippen LogP contribution in [0.25, 0.3) is 85.9 Å². The number of furan rings is 1. The van der Waals surface area contributed by atoms with Crippen LogP contribution < -0.4 is 4.90 Å². The van der Waals surface area contributed by atoms with E-state index in [1.165, 1.54) is 64.0 Å². The Hall–Kier alpha value is -6.68. The number of benzene rings is 9. The predicted molar refractivity (Wildman–Crippen MR) is 227 cm³/mol. The van der Waals surface area contributed by atoms with Crippen molar-refractivity contribution in [3.8, 4) is 22.3 Å². The zero-order chi connectivity index (χ0) is 34.9. The molecular formula is C50H31NOS. The largest absolute Gasteiger partial charge is 0.456 e. The van der Waals surface area contributed by atoms with Gasteiger partial charge >= 0.3 is 0 Å². The fourth-order valence-corrected chi connectivity index (χ4v) is 9.37. The van der Waals surface area contributed by atoms with Crippen molar-refractivity contribution < 1.29 is 4.42 Å². The first kappa shape index (κ1) is 30.0. The second-order valence-electron chi connectivity index (χ2n) is 13.7. The Morgan fingerprint density at radius 3 is 1.94 bits per heavy atom.